The molecule has 2 heterocycles. The quantitative estimate of drug-likeness (QED) is 0.827. The smallest absolute Gasteiger partial charge is 0.231 e. The summed E-state index contributed by atoms with van der Waals surface area (Å²) in [6.45, 7) is 1.86. The van der Waals surface area contributed by atoms with Crippen LogP contribution in [0.2, 0.25) is 5.02 Å². The van der Waals surface area contributed by atoms with E-state index in [1.54, 1.807) is 7.05 Å². The molecule has 1 atom stereocenters. The second kappa shape index (κ2) is 6.84. The average molecular weight is 372 g/mol. The summed E-state index contributed by atoms with van der Waals surface area (Å²) in [5.41, 5.74) is 6.71. The molecule has 26 heavy (non-hydrogen) atoms. The number of hydrogen-bond donors (Lipinski definition) is 1. The number of carbonyl (C=O) groups excluding carboxylic acids is 2. The van der Waals surface area contributed by atoms with Gasteiger partial charge in [-0.05, 0) is 18.1 Å². The molecule has 2 N–H and O–H groups in total. The Hall–Kier alpha value is -2.80. The first-order chi connectivity index (χ1) is 12.3. The molecule has 8 heteroatoms. The Labute approximate surface area is 155 Å². The van der Waals surface area contributed by atoms with Crippen LogP contribution in [-0.4, -0.2) is 39.6 Å². The summed E-state index contributed by atoms with van der Waals surface area (Å²) < 4.78 is 0. The van der Waals surface area contributed by atoms with E-state index in [0.29, 0.717) is 5.02 Å². The monoisotopic (exact) mass is 371 g/mol. The van der Waals surface area contributed by atoms with Crippen molar-refractivity contribution in [3.8, 4) is 0 Å². The highest BCUT2D eigenvalue weighted by Crippen LogP contribution is 2.33. The molecule has 0 aliphatic carbocycles. The molecule has 1 aromatic carbocycles. The third-order valence-electron chi connectivity index (χ3n) is 4.36. The van der Waals surface area contributed by atoms with Crippen molar-refractivity contribution in [3.05, 3.63) is 58.6 Å². The predicted molar refractivity (Wildman–Crippen MR) is 97.9 cm³/mol. The van der Waals surface area contributed by atoms with Crippen LogP contribution in [0.15, 0.2) is 41.7 Å². The van der Waals surface area contributed by atoms with Gasteiger partial charge >= 0.3 is 0 Å². The lowest BCUT2D eigenvalue weighted by molar-refractivity contribution is -0.128. The van der Waals surface area contributed by atoms with E-state index in [1.165, 1.54) is 17.3 Å². The third-order valence-corrected chi connectivity index (χ3v) is 4.55. The number of ketones is 1. The Kier molecular flexibility index (Phi) is 4.73. The Morgan fingerprint density at radius 1 is 1.35 bits per heavy atom. The summed E-state index contributed by atoms with van der Waals surface area (Å²) in [6, 6.07) is 7.41. The molecular formula is C18H18ClN5O2. The zero-order valence-corrected chi connectivity index (χ0v) is 15.2. The molecule has 1 aliphatic heterocycles. The molecule has 1 aliphatic rings. The minimum absolute atomic E-state index is 0.101. The third kappa shape index (κ3) is 3.57. The summed E-state index contributed by atoms with van der Waals surface area (Å²) in [5, 5.41) is 0.374. The van der Waals surface area contributed by atoms with E-state index < -0.39 is 5.54 Å². The number of halogens is 1. The molecule has 1 aromatic heterocycles. The highest BCUT2D eigenvalue weighted by molar-refractivity contribution is 6.30. The number of benzene rings is 1. The molecule has 0 fully saturated rings. The van der Waals surface area contributed by atoms with E-state index in [-0.39, 0.29) is 36.3 Å². The molecule has 0 bridgehead atoms. The first-order valence-corrected chi connectivity index (χ1v) is 8.38. The van der Waals surface area contributed by atoms with E-state index in [9.17, 15) is 9.59 Å². The molecule has 7 nitrogen and oxygen atoms in total. The van der Waals surface area contributed by atoms with Crippen LogP contribution in [0.25, 0.3) is 0 Å². The van der Waals surface area contributed by atoms with Gasteiger partial charge in [0.15, 0.2) is 11.8 Å². The first-order valence-electron chi connectivity index (χ1n) is 8.00. The lowest BCUT2D eigenvalue weighted by atomic mass is 9.86. The van der Waals surface area contributed by atoms with Crippen LogP contribution in [0, 0.1) is 0 Å². The van der Waals surface area contributed by atoms with Crippen LogP contribution in [0.3, 0.4) is 0 Å². The van der Waals surface area contributed by atoms with Crippen LogP contribution in [0.5, 0.6) is 0 Å². The summed E-state index contributed by atoms with van der Waals surface area (Å²) >= 11 is 5.74. The maximum atomic E-state index is 12.4. The lowest BCUT2D eigenvalue weighted by Crippen LogP contribution is -2.47. The molecule has 134 valence electrons. The summed E-state index contributed by atoms with van der Waals surface area (Å²) in [5.74, 6) is -0.0231. The molecule has 0 radical (unpaired) electrons. The fourth-order valence-electron chi connectivity index (χ4n) is 2.81. The van der Waals surface area contributed by atoms with Crippen molar-refractivity contribution in [2.75, 3.05) is 7.05 Å². The summed E-state index contributed by atoms with van der Waals surface area (Å²) in [7, 11) is 1.60. The van der Waals surface area contributed by atoms with E-state index in [1.807, 2.05) is 31.2 Å². The van der Waals surface area contributed by atoms with Gasteiger partial charge in [0.1, 0.15) is 0 Å². The number of Topliss-reactive ketones (excluding diaryl/α,β-unsaturated/α-hetero) is 1. The summed E-state index contributed by atoms with van der Waals surface area (Å²) in [6.07, 6.45) is 3.13. The zero-order chi connectivity index (χ0) is 18.9. The van der Waals surface area contributed by atoms with Gasteiger partial charge in [-0.3, -0.25) is 14.5 Å². The van der Waals surface area contributed by atoms with Gasteiger partial charge in [-0.2, -0.15) is 0 Å². The van der Waals surface area contributed by atoms with Crippen molar-refractivity contribution in [2.45, 2.75) is 25.3 Å². The molecule has 1 amide bonds. The number of hydrogen-bond acceptors (Lipinski definition) is 6. The van der Waals surface area contributed by atoms with Gasteiger partial charge < -0.3 is 5.73 Å². The Morgan fingerprint density at radius 2 is 2.04 bits per heavy atom. The fourth-order valence-corrected chi connectivity index (χ4v) is 2.91. The van der Waals surface area contributed by atoms with Gasteiger partial charge in [0.25, 0.3) is 0 Å². The number of guanidine groups is 1. The molecule has 3 rings (SSSR count). The van der Waals surface area contributed by atoms with Crippen LogP contribution in [0.1, 0.15) is 35.1 Å². The van der Waals surface area contributed by atoms with E-state index in [4.69, 9.17) is 17.3 Å². The van der Waals surface area contributed by atoms with Gasteiger partial charge in [0.05, 0.1) is 17.0 Å². The minimum atomic E-state index is -0.760. The van der Waals surface area contributed by atoms with Crippen molar-refractivity contribution in [3.63, 3.8) is 0 Å². The van der Waals surface area contributed by atoms with Crippen LogP contribution in [0.4, 0.5) is 0 Å². The highest BCUT2D eigenvalue weighted by atomic mass is 35.5. The Balaban J connectivity index is 1.85. The topological polar surface area (TPSA) is 102 Å². The standard InChI is InChI=1S/C18H18ClN5O2/c1-18(8-15(26)24(2)17(20)23-18)12-5-3-4-11(6-12)7-14(25)16-21-9-13(19)10-22-16/h3-6,9-10H,7-8H2,1-2H3,(H2,20,23). The number of carbonyl (C=O) groups is 2. The van der Waals surface area contributed by atoms with E-state index in [2.05, 4.69) is 15.0 Å². The number of nitrogens with two attached hydrogens (primary N) is 1. The van der Waals surface area contributed by atoms with E-state index >= 15 is 0 Å². The maximum Gasteiger partial charge on any atom is 0.231 e. The molecule has 0 spiro atoms. The van der Waals surface area contributed by atoms with Gasteiger partial charge in [0, 0.05) is 25.9 Å². The molecule has 0 saturated heterocycles. The van der Waals surface area contributed by atoms with Gasteiger partial charge in [0.2, 0.25) is 11.7 Å². The largest absolute Gasteiger partial charge is 0.369 e. The SMILES string of the molecule is CN1C(=O)CC(C)(c2cccc(CC(=O)c3ncc(Cl)cn3)c2)N=C1N. The van der Waals surface area contributed by atoms with Gasteiger partial charge in [-0.25, -0.2) is 15.0 Å². The second-order valence-electron chi connectivity index (χ2n) is 6.40. The Morgan fingerprint density at radius 3 is 2.69 bits per heavy atom. The van der Waals surface area contributed by atoms with Crippen LogP contribution < -0.4 is 5.73 Å². The average Bonchev–Trinajstić information content (AvgIpc) is 2.60. The minimum Gasteiger partial charge on any atom is -0.369 e. The summed E-state index contributed by atoms with van der Waals surface area (Å²) in [4.78, 5) is 38.2. The number of amides is 1. The molecule has 2 aromatic rings. The zero-order valence-electron chi connectivity index (χ0n) is 14.4. The number of rotatable bonds is 4. The molecule has 0 saturated carbocycles. The normalized spacial score (nSPS) is 20.0. The fraction of sp³-hybridized carbons (Fsp3) is 0.278. The maximum absolute atomic E-state index is 12.4. The molecule has 1 unspecified atom stereocenters. The Bertz CT molecular complexity index is 897. The molecular weight excluding hydrogens is 354 g/mol. The van der Waals surface area contributed by atoms with Crippen molar-refractivity contribution < 1.29 is 9.59 Å². The van der Waals surface area contributed by atoms with Crippen molar-refractivity contribution in [2.24, 2.45) is 10.7 Å². The number of aromatic nitrogens is 2. The first kappa shape index (κ1) is 18.0. The predicted octanol–water partition coefficient (Wildman–Crippen LogP) is 1.95. The van der Waals surface area contributed by atoms with Gasteiger partial charge in [-0.15, -0.1) is 0 Å². The second-order valence-corrected chi connectivity index (χ2v) is 6.84. The van der Waals surface area contributed by atoms with Crippen LogP contribution >= 0.6 is 11.6 Å². The van der Waals surface area contributed by atoms with Crippen LogP contribution in [-0.2, 0) is 16.8 Å². The lowest BCUT2D eigenvalue weighted by Gasteiger charge is -2.33. The highest BCUT2D eigenvalue weighted by Gasteiger charge is 2.36. The van der Waals surface area contributed by atoms with Crippen molar-refractivity contribution in [1.82, 2.24) is 14.9 Å². The number of aliphatic imine (C=N–C) groups is 1. The number of nitrogens with zero attached hydrogens (tertiary/aromatic N) is 4. The van der Waals surface area contributed by atoms with Crippen molar-refractivity contribution >= 4 is 29.3 Å². The van der Waals surface area contributed by atoms with Gasteiger partial charge in [-0.1, -0.05) is 35.9 Å². The van der Waals surface area contributed by atoms with E-state index in [0.717, 1.165) is 11.1 Å². The van der Waals surface area contributed by atoms with Crippen molar-refractivity contribution in [1.29, 1.82) is 0 Å².